The number of Topliss-reactive ketones (excluding diaryl/α,β-unsaturated/α-hetero) is 1. The van der Waals surface area contributed by atoms with E-state index in [1.807, 2.05) is 0 Å². The van der Waals surface area contributed by atoms with E-state index in [2.05, 4.69) is 10.1 Å². The molecule has 0 aliphatic rings. The van der Waals surface area contributed by atoms with Crippen molar-refractivity contribution in [3.63, 3.8) is 0 Å². The van der Waals surface area contributed by atoms with Crippen LogP contribution in [0.15, 0.2) is 22.9 Å². The van der Waals surface area contributed by atoms with Gasteiger partial charge in [-0.2, -0.15) is 0 Å². The Balaban J connectivity index is 1.99. The maximum atomic E-state index is 11.7. The summed E-state index contributed by atoms with van der Waals surface area (Å²) in [7, 11) is 0. The van der Waals surface area contributed by atoms with Gasteiger partial charge in [0.25, 0.3) is 0 Å². The lowest BCUT2D eigenvalue weighted by Gasteiger charge is -2.02. The Labute approximate surface area is 103 Å². The SMILES string of the molecule is Cc1noc(C)c1C(=O)OCC(=O)c1ccc[nH]1. The topological polar surface area (TPSA) is 85.2 Å². The van der Waals surface area contributed by atoms with Crippen molar-refractivity contribution in [3.05, 3.63) is 41.0 Å². The molecule has 0 amide bonds. The van der Waals surface area contributed by atoms with Gasteiger partial charge in [-0.3, -0.25) is 4.79 Å². The fourth-order valence-corrected chi connectivity index (χ4v) is 1.56. The first kappa shape index (κ1) is 12.1. The van der Waals surface area contributed by atoms with Crippen LogP contribution >= 0.6 is 0 Å². The molecule has 94 valence electrons. The van der Waals surface area contributed by atoms with Gasteiger partial charge in [-0.05, 0) is 26.0 Å². The Morgan fingerprint density at radius 3 is 2.78 bits per heavy atom. The van der Waals surface area contributed by atoms with Crippen LogP contribution in [0.3, 0.4) is 0 Å². The molecule has 0 unspecified atom stereocenters. The van der Waals surface area contributed by atoms with Crippen molar-refractivity contribution in [2.45, 2.75) is 13.8 Å². The molecule has 0 saturated carbocycles. The summed E-state index contributed by atoms with van der Waals surface area (Å²) in [6.07, 6.45) is 1.63. The lowest BCUT2D eigenvalue weighted by molar-refractivity contribution is 0.0471. The number of nitrogens with zero attached hydrogens (tertiary/aromatic N) is 1. The second-order valence-electron chi connectivity index (χ2n) is 3.78. The number of carbonyl (C=O) groups excluding carboxylic acids is 2. The molecule has 0 spiro atoms. The molecule has 6 heteroatoms. The van der Waals surface area contributed by atoms with Crippen molar-refractivity contribution < 1.29 is 18.8 Å². The molecular formula is C12H12N2O4. The highest BCUT2D eigenvalue weighted by atomic mass is 16.5. The van der Waals surface area contributed by atoms with Gasteiger partial charge in [0.05, 0.1) is 11.4 Å². The highest BCUT2D eigenvalue weighted by Gasteiger charge is 2.20. The number of aromatic nitrogens is 2. The number of ketones is 1. The van der Waals surface area contributed by atoms with Gasteiger partial charge in [-0.15, -0.1) is 0 Å². The van der Waals surface area contributed by atoms with E-state index in [9.17, 15) is 9.59 Å². The molecule has 1 N–H and O–H groups in total. The van der Waals surface area contributed by atoms with Gasteiger partial charge in [-0.1, -0.05) is 5.16 Å². The number of nitrogens with one attached hydrogen (secondary N) is 1. The first-order valence-electron chi connectivity index (χ1n) is 5.36. The lowest BCUT2D eigenvalue weighted by atomic mass is 10.2. The van der Waals surface area contributed by atoms with E-state index in [1.54, 1.807) is 32.2 Å². The molecule has 0 atom stereocenters. The summed E-state index contributed by atoms with van der Waals surface area (Å²) in [6, 6.07) is 3.31. The van der Waals surface area contributed by atoms with Gasteiger partial charge in [0, 0.05) is 6.20 Å². The molecule has 18 heavy (non-hydrogen) atoms. The molecule has 0 aromatic carbocycles. The quantitative estimate of drug-likeness (QED) is 0.657. The van der Waals surface area contributed by atoms with E-state index in [4.69, 9.17) is 9.26 Å². The predicted molar refractivity (Wildman–Crippen MR) is 61.4 cm³/mol. The molecule has 0 aliphatic heterocycles. The van der Waals surface area contributed by atoms with Gasteiger partial charge in [-0.25, -0.2) is 4.79 Å². The van der Waals surface area contributed by atoms with Crippen LogP contribution in [-0.2, 0) is 4.74 Å². The molecule has 0 aliphatic carbocycles. The van der Waals surface area contributed by atoms with Crippen molar-refractivity contribution in [1.82, 2.24) is 10.1 Å². The van der Waals surface area contributed by atoms with E-state index in [0.29, 0.717) is 17.1 Å². The van der Waals surface area contributed by atoms with Crippen LogP contribution in [0.2, 0.25) is 0 Å². The van der Waals surface area contributed by atoms with Gasteiger partial charge in [0.15, 0.2) is 6.61 Å². The van der Waals surface area contributed by atoms with Crippen molar-refractivity contribution in [1.29, 1.82) is 0 Å². The smallest absolute Gasteiger partial charge is 0.344 e. The maximum Gasteiger partial charge on any atom is 0.344 e. The maximum absolute atomic E-state index is 11.7. The first-order chi connectivity index (χ1) is 8.59. The number of aryl methyl sites for hydroxylation is 2. The Kier molecular flexibility index (Phi) is 3.27. The summed E-state index contributed by atoms with van der Waals surface area (Å²) in [4.78, 5) is 26.1. The van der Waals surface area contributed by atoms with Crippen molar-refractivity contribution in [2.24, 2.45) is 0 Å². The number of H-pyrrole nitrogens is 1. The van der Waals surface area contributed by atoms with Crippen LogP contribution in [-0.4, -0.2) is 28.5 Å². The van der Waals surface area contributed by atoms with E-state index in [0.717, 1.165) is 0 Å². The summed E-state index contributed by atoms with van der Waals surface area (Å²) in [5.74, 6) is -0.518. The van der Waals surface area contributed by atoms with Crippen molar-refractivity contribution in [2.75, 3.05) is 6.61 Å². The zero-order valence-electron chi connectivity index (χ0n) is 10.0. The Morgan fingerprint density at radius 1 is 1.44 bits per heavy atom. The molecule has 2 aromatic heterocycles. The number of hydrogen-bond donors (Lipinski definition) is 1. The van der Waals surface area contributed by atoms with Gasteiger partial charge < -0.3 is 14.2 Å². The predicted octanol–water partition coefficient (Wildman–Crippen LogP) is 1.66. The Hall–Kier alpha value is -2.37. The van der Waals surface area contributed by atoms with Crippen LogP contribution in [0.25, 0.3) is 0 Å². The second kappa shape index (κ2) is 4.87. The first-order valence-corrected chi connectivity index (χ1v) is 5.36. The van der Waals surface area contributed by atoms with Gasteiger partial charge in [0.2, 0.25) is 5.78 Å². The van der Waals surface area contributed by atoms with E-state index < -0.39 is 5.97 Å². The van der Waals surface area contributed by atoms with E-state index in [1.165, 1.54) is 0 Å². The average Bonchev–Trinajstić information content (AvgIpc) is 2.96. The van der Waals surface area contributed by atoms with E-state index >= 15 is 0 Å². The van der Waals surface area contributed by atoms with Crippen LogP contribution in [0.4, 0.5) is 0 Å². The van der Waals surface area contributed by atoms with Crippen LogP contribution in [0, 0.1) is 13.8 Å². The molecule has 2 aromatic rings. The minimum atomic E-state index is -0.605. The third kappa shape index (κ3) is 2.32. The van der Waals surface area contributed by atoms with Crippen LogP contribution in [0.5, 0.6) is 0 Å². The lowest BCUT2D eigenvalue weighted by Crippen LogP contribution is -2.15. The zero-order chi connectivity index (χ0) is 13.1. The third-order valence-electron chi connectivity index (χ3n) is 2.47. The molecule has 0 saturated heterocycles. The molecule has 0 radical (unpaired) electrons. The van der Waals surface area contributed by atoms with Crippen molar-refractivity contribution >= 4 is 11.8 Å². The fourth-order valence-electron chi connectivity index (χ4n) is 1.56. The highest BCUT2D eigenvalue weighted by molar-refractivity contribution is 5.98. The second-order valence-corrected chi connectivity index (χ2v) is 3.78. The fraction of sp³-hybridized carbons (Fsp3) is 0.250. The summed E-state index contributed by atoms with van der Waals surface area (Å²) in [6.45, 7) is 2.94. The molecule has 2 rings (SSSR count). The summed E-state index contributed by atoms with van der Waals surface area (Å²) < 4.78 is 9.78. The summed E-state index contributed by atoms with van der Waals surface area (Å²) in [5.41, 5.74) is 1.13. The summed E-state index contributed by atoms with van der Waals surface area (Å²) in [5, 5.41) is 3.65. The molecule has 0 bridgehead atoms. The number of esters is 1. The number of rotatable bonds is 4. The highest BCUT2D eigenvalue weighted by Crippen LogP contribution is 2.13. The molecule has 6 nitrogen and oxygen atoms in total. The minimum Gasteiger partial charge on any atom is -0.453 e. The van der Waals surface area contributed by atoms with Gasteiger partial charge >= 0.3 is 5.97 Å². The molecule has 2 heterocycles. The third-order valence-corrected chi connectivity index (χ3v) is 2.47. The Morgan fingerprint density at radius 2 is 2.22 bits per heavy atom. The molecule has 0 fully saturated rings. The number of carbonyl (C=O) groups is 2. The standard InChI is InChI=1S/C12H12N2O4/c1-7-11(8(2)18-14-7)12(16)17-6-10(15)9-4-3-5-13-9/h3-5,13H,6H2,1-2H3. The molecular weight excluding hydrogens is 236 g/mol. The summed E-state index contributed by atoms with van der Waals surface area (Å²) >= 11 is 0. The Bertz CT molecular complexity index is 549. The average molecular weight is 248 g/mol. The van der Waals surface area contributed by atoms with Crippen LogP contribution in [0.1, 0.15) is 32.3 Å². The van der Waals surface area contributed by atoms with Gasteiger partial charge in [0.1, 0.15) is 11.3 Å². The monoisotopic (exact) mass is 248 g/mol. The van der Waals surface area contributed by atoms with Crippen LogP contribution < -0.4 is 0 Å². The zero-order valence-corrected chi connectivity index (χ0v) is 10.0. The normalized spacial score (nSPS) is 10.3. The minimum absolute atomic E-state index is 0.272. The number of hydrogen-bond acceptors (Lipinski definition) is 5. The van der Waals surface area contributed by atoms with Crippen molar-refractivity contribution in [3.8, 4) is 0 Å². The number of aromatic amines is 1. The number of ether oxygens (including phenoxy) is 1. The largest absolute Gasteiger partial charge is 0.453 e. The van der Waals surface area contributed by atoms with E-state index in [-0.39, 0.29) is 18.0 Å².